The van der Waals surface area contributed by atoms with Crippen molar-refractivity contribution in [3.63, 3.8) is 0 Å². The Kier molecular flexibility index (Phi) is 28.9. The smallest absolute Gasteiger partial charge is 0.410 e. The van der Waals surface area contributed by atoms with Crippen LogP contribution in [0.1, 0.15) is 126 Å². The molecule has 6 N–H and O–H groups in total. The van der Waals surface area contributed by atoms with Crippen molar-refractivity contribution in [3.05, 3.63) is 297 Å². The van der Waals surface area contributed by atoms with E-state index in [1.165, 1.54) is 126 Å². The van der Waals surface area contributed by atoms with Gasteiger partial charge in [-0.05, 0) is 103 Å². The maximum absolute atomic E-state index is 14.4. The molecule has 42 heteroatoms. The van der Waals surface area contributed by atoms with Crippen molar-refractivity contribution < 1.29 is 72.5 Å². The van der Waals surface area contributed by atoms with Crippen molar-refractivity contribution >= 4 is 124 Å². The van der Waals surface area contributed by atoms with Gasteiger partial charge in [0.25, 0.3) is 11.8 Å². The number of nitrogen functional groups attached to an aromatic ring is 1. The van der Waals surface area contributed by atoms with Gasteiger partial charge in [0.2, 0.25) is 0 Å². The second-order valence-corrected chi connectivity index (χ2v) is 33.8. The first kappa shape index (κ1) is 92.8. The van der Waals surface area contributed by atoms with Crippen LogP contribution in [0.3, 0.4) is 0 Å². The number of rotatable bonds is 19. The van der Waals surface area contributed by atoms with Gasteiger partial charge in [-0.1, -0.05) is 60.7 Å². The maximum Gasteiger partial charge on any atom is 0.410 e. The topological polar surface area (TPSA) is 320 Å². The van der Waals surface area contributed by atoms with Crippen molar-refractivity contribution in [1.29, 1.82) is 0 Å². The highest BCUT2D eigenvalue weighted by molar-refractivity contribution is 9.10. The summed E-state index contributed by atoms with van der Waals surface area (Å²) in [6.07, 6.45) is 30.0. The number of hydrogen-bond acceptors (Lipinski definition) is 20. The fraction of sp³-hybridized carbons (Fsp3) is 0.267. The minimum absolute atomic E-state index is 0.00452. The number of carbonyl (C=O) groups excluding carboxylic acids is 3. The molecule has 0 bridgehead atoms. The Balaban J connectivity index is 0.000000127. The number of alkyl halides is 5. The Hall–Kier alpha value is -13.9. The van der Waals surface area contributed by atoms with E-state index in [4.69, 9.17) is 15.6 Å². The first-order valence-corrected chi connectivity index (χ1v) is 42.9. The molecule has 2 saturated carbocycles. The van der Waals surface area contributed by atoms with Crippen LogP contribution < -0.4 is 31.5 Å². The van der Waals surface area contributed by atoms with Crippen LogP contribution >= 0.6 is 31.9 Å². The number of anilines is 5. The van der Waals surface area contributed by atoms with E-state index in [0.29, 0.717) is 51.3 Å². The SMILES string of the molecule is CC(C)(C)OC(=O)N(C1CC1)[C@@H]1CCN(c2cnc(C(=O)Nc3cc(F)c4nc(CF)cn4c3)cn2)C1.FCc1cn2cc(Br)cc(F)c2n1.FCc1cn2cc(N=C(c3ccccc3)c3ccccc3)cc(F)c2n1.Nc1cc(F)c2nc(CF)cn2c1.O=C(Nc1cc(F)c2nc(CF)cn2c1)c1cnc(N2CC[C@@H](NC3CC3)C2)cn1.OCc1cn2cc(Br)cc(F)c2n1. The number of aliphatic imine (C=N–C) groups is 1. The fourth-order valence-electron chi connectivity index (χ4n) is 14.5. The number of amides is 3. The van der Waals surface area contributed by atoms with Gasteiger partial charge in [-0.2, -0.15) is 0 Å². The number of benzene rings is 2. The molecule has 14 aromatic heterocycles. The van der Waals surface area contributed by atoms with Crippen molar-refractivity contribution in [2.45, 2.75) is 129 Å². The summed E-state index contributed by atoms with van der Waals surface area (Å²) in [5, 5.41) is 17.6. The summed E-state index contributed by atoms with van der Waals surface area (Å²) in [5.41, 5.74) is 10.6. The molecule has 2 aliphatic carbocycles. The van der Waals surface area contributed by atoms with E-state index in [0.717, 1.165) is 79.6 Å². The average Bonchev–Trinajstić information content (AvgIpc) is 1.62. The van der Waals surface area contributed by atoms with Crippen LogP contribution in [0.2, 0.25) is 0 Å². The van der Waals surface area contributed by atoms with Crippen molar-refractivity contribution in [1.82, 2.24) is 86.5 Å². The van der Waals surface area contributed by atoms with E-state index in [1.54, 1.807) is 31.0 Å². The third kappa shape index (κ3) is 22.9. The lowest BCUT2D eigenvalue weighted by atomic mass is 10.0. The van der Waals surface area contributed by atoms with Gasteiger partial charge in [0, 0.05) is 163 Å². The second kappa shape index (κ2) is 41.1. The van der Waals surface area contributed by atoms with Gasteiger partial charge in [-0.15, -0.1) is 0 Å². The molecule has 2 atom stereocenters. The van der Waals surface area contributed by atoms with E-state index >= 15 is 0 Å². The third-order valence-corrected chi connectivity index (χ3v) is 21.6. The highest BCUT2D eigenvalue weighted by Crippen LogP contribution is 2.35. The summed E-state index contributed by atoms with van der Waals surface area (Å²) < 4.78 is 161. The van der Waals surface area contributed by atoms with E-state index in [1.807, 2.05) is 91.2 Å². The number of hydrogen-bond donors (Lipinski definition) is 5. The number of imidazole rings is 6. The zero-order valence-electron chi connectivity index (χ0n) is 70.6. The normalized spacial score (nSPS) is 14.6. The summed E-state index contributed by atoms with van der Waals surface area (Å²) in [6, 6.07) is 28.1. The molecule has 0 radical (unpaired) electrons. The molecule has 132 heavy (non-hydrogen) atoms. The van der Waals surface area contributed by atoms with Gasteiger partial charge < -0.3 is 72.6 Å². The molecule has 2 aromatic carbocycles. The lowest BCUT2D eigenvalue weighted by Crippen LogP contribution is -2.46. The molecule has 29 nitrogen and oxygen atoms in total. The summed E-state index contributed by atoms with van der Waals surface area (Å²) >= 11 is 6.30. The van der Waals surface area contributed by atoms with Crippen LogP contribution in [0, 0.1) is 34.9 Å². The summed E-state index contributed by atoms with van der Waals surface area (Å²) in [7, 11) is 0. The van der Waals surface area contributed by atoms with Crippen molar-refractivity contribution in [3.8, 4) is 0 Å². The molecule has 3 amide bonds. The number of nitrogens with two attached hydrogens (primary N) is 1. The molecule has 16 aromatic rings. The molecule has 0 spiro atoms. The summed E-state index contributed by atoms with van der Waals surface area (Å²) in [6.45, 7) is 4.73. The van der Waals surface area contributed by atoms with E-state index in [9.17, 15) is 62.7 Å². The molecule has 684 valence electrons. The number of ether oxygens (including phenoxy) is 1. The number of nitrogens with zero attached hydrogens (tertiary/aromatic N) is 20. The molecule has 4 fully saturated rings. The quantitative estimate of drug-likeness (QED) is 0.0371. The van der Waals surface area contributed by atoms with Crippen LogP contribution in [-0.2, 0) is 44.7 Å². The third-order valence-electron chi connectivity index (χ3n) is 20.7. The number of aromatic nitrogens is 16. The lowest BCUT2D eigenvalue weighted by Gasteiger charge is -2.31. The molecule has 16 heterocycles. The molecule has 2 aliphatic heterocycles. The fourth-order valence-corrected chi connectivity index (χ4v) is 15.4. The Morgan fingerprint density at radius 2 is 0.856 bits per heavy atom. The first-order valence-electron chi connectivity index (χ1n) is 41.3. The molecule has 0 unspecified atom stereocenters. The molecular formula is C90H83Br2F11N24O5. The predicted octanol–water partition coefficient (Wildman–Crippen LogP) is 17.3. The highest BCUT2D eigenvalue weighted by Gasteiger charge is 2.43. The number of nitrogens with one attached hydrogen (secondary N) is 3. The number of aliphatic hydroxyl groups is 1. The molecular weight excluding hydrogens is 1870 g/mol. The largest absolute Gasteiger partial charge is 0.444 e. The Morgan fingerprint density at radius 1 is 0.462 bits per heavy atom. The lowest BCUT2D eigenvalue weighted by molar-refractivity contribution is 0.0158. The number of fused-ring (bicyclic) bond motifs is 6. The van der Waals surface area contributed by atoms with E-state index < -0.39 is 85.7 Å². The minimum atomic E-state index is -0.817. The molecule has 2 saturated heterocycles. The van der Waals surface area contributed by atoms with Crippen LogP contribution in [0.4, 0.5) is 87.5 Å². The van der Waals surface area contributed by atoms with Crippen LogP contribution in [0.15, 0.2) is 210 Å². The summed E-state index contributed by atoms with van der Waals surface area (Å²) in [4.78, 5) is 89.0. The van der Waals surface area contributed by atoms with Gasteiger partial charge in [-0.25, -0.2) is 108 Å². The Morgan fingerprint density at radius 3 is 1.27 bits per heavy atom. The predicted molar refractivity (Wildman–Crippen MR) is 477 cm³/mol. The monoisotopic (exact) mass is 1950 g/mol. The minimum Gasteiger partial charge on any atom is -0.444 e. The van der Waals surface area contributed by atoms with Crippen molar-refractivity contribution in [2.75, 3.05) is 52.3 Å². The van der Waals surface area contributed by atoms with Crippen LogP contribution in [-0.4, -0.2) is 166 Å². The van der Waals surface area contributed by atoms with Gasteiger partial charge in [0.15, 0.2) is 68.8 Å². The number of pyridine rings is 6. The van der Waals surface area contributed by atoms with Gasteiger partial charge in [-0.3, -0.25) is 9.59 Å². The number of halogens is 13. The van der Waals surface area contributed by atoms with Gasteiger partial charge in [0.1, 0.15) is 62.0 Å². The van der Waals surface area contributed by atoms with Gasteiger partial charge >= 0.3 is 6.09 Å². The zero-order valence-corrected chi connectivity index (χ0v) is 73.8. The average molecular weight is 1950 g/mol. The van der Waals surface area contributed by atoms with Crippen LogP contribution in [0.25, 0.3) is 33.9 Å². The summed E-state index contributed by atoms with van der Waals surface area (Å²) in [5.74, 6) is -3.03. The standard InChI is InChI=1S/C25H29F2N7O3.C21H15F2N3.C20H21F2N7O.C8H5BrF2N2.C8H6BrFN2O.C8H7F2N3/c1-25(2,3)37-24(36)34(17-4-5-17)18-6-7-32(14-18)21-11-28-20(10-29-21)23(35)31-15-8-19(27)22-30-16(9-26)13-33(22)12-15;22-12-18-14-26-13-17(11-19(23)21(26)25-18)24-20(15-7-3-1-4-8-15)16-9-5-2-6-10-16;21-6-15-11-29-10-14(5-16(22)19(29)26-15)27-20(30)17-7-24-18(8-23-17)28-4-3-13(9-28)25-12-1-2-12;9-5-1-7(11)8-12-6(2-10)4-13(8)3-5;9-5-1-7(10)8-11-6(4-13)3-12(8)2-5;9-2-6-4-13-3-5(11)1-7(10)8(13)12-6/h8,10-13,17-18H,4-7,9,14H2,1-3H3,(H,31,35);1-11,13-14H,12H2;5,7-8,10-13,25H,1-4,6,9H2,(H,27,30);1,3-4H,2H2;1-3,13H,4H2;1,3-4H,2,11H2/t18-;;13-;;;/m1.1.../s1. The Bertz CT molecular complexity index is 6610. The van der Waals surface area contributed by atoms with Crippen LogP contribution in [0.5, 0.6) is 0 Å². The number of carbonyl (C=O) groups is 3. The second-order valence-electron chi connectivity index (χ2n) is 31.9. The maximum atomic E-state index is 14.4. The zero-order chi connectivity index (χ0) is 93.2. The molecule has 4 aliphatic rings. The molecule has 20 rings (SSSR count). The number of aliphatic hydroxyl groups excluding tert-OH is 1. The first-order chi connectivity index (χ1) is 63.5. The van der Waals surface area contributed by atoms with E-state index in [-0.39, 0.29) is 116 Å². The highest BCUT2D eigenvalue weighted by atomic mass is 79.9. The van der Waals surface area contributed by atoms with E-state index in [2.05, 4.69) is 108 Å². The van der Waals surface area contributed by atoms with Gasteiger partial charge in [0.05, 0.1) is 100 Å². The van der Waals surface area contributed by atoms with Crippen molar-refractivity contribution in [2.24, 2.45) is 4.99 Å². The Labute approximate surface area is 761 Å².